The number of imidazole rings is 1. The van der Waals surface area contributed by atoms with E-state index in [1.165, 1.54) is 0 Å². The Morgan fingerprint density at radius 2 is 1.90 bits per heavy atom. The van der Waals surface area contributed by atoms with Gasteiger partial charge in [-0.15, -0.1) is 0 Å². The maximum Gasteiger partial charge on any atom is 0.323 e. The van der Waals surface area contributed by atoms with Gasteiger partial charge in [-0.3, -0.25) is 0 Å². The molecule has 5 heteroatoms. The number of nitrogens with zero attached hydrogens (tertiary/aromatic N) is 2. The van der Waals surface area contributed by atoms with Crippen molar-refractivity contribution >= 4 is 23.1 Å². The molecule has 2 N–H and O–H groups in total. The predicted octanol–water partition coefficient (Wildman–Crippen LogP) is 3.29. The maximum absolute atomic E-state index is 12.0. The summed E-state index contributed by atoms with van der Waals surface area (Å²) in [5, 5.41) is 5.59. The fourth-order valence-corrected chi connectivity index (χ4v) is 2.04. The first-order chi connectivity index (χ1) is 9.72. The number of carbonyl (C=O) groups excluding carboxylic acids is 1. The number of aromatic nitrogens is 2. The highest BCUT2D eigenvalue weighted by atomic mass is 16.2. The summed E-state index contributed by atoms with van der Waals surface area (Å²) in [5.74, 6) is 0. The number of carbonyl (C=O) groups is 1. The first-order valence-electron chi connectivity index (χ1n) is 6.30. The number of hydrogen-bond acceptors (Lipinski definition) is 2. The van der Waals surface area contributed by atoms with E-state index in [4.69, 9.17) is 0 Å². The van der Waals surface area contributed by atoms with Gasteiger partial charge in [0.05, 0.1) is 11.4 Å². The summed E-state index contributed by atoms with van der Waals surface area (Å²) in [6.45, 7) is 1.92. The number of para-hydroxylation sites is 1. The van der Waals surface area contributed by atoms with E-state index >= 15 is 0 Å². The van der Waals surface area contributed by atoms with Gasteiger partial charge in [0.1, 0.15) is 0 Å². The Morgan fingerprint density at radius 3 is 2.70 bits per heavy atom. The second-order valence-electron chi connectivity index (χ2n) is 4.48. The Morgan fingerprint density at radius 1 is 1.10 bits per heavy atom. The highest BCUT2D eigenvalue weighted by Gasteiger charge is 2.07. The van der Waals surface area contributed by atoms with E-state index in [1.54, 1.807) is 0 Å². The molecule has 2 heterocycles. The van der Waals surface area contributed by atoms with Crippen molar-refractivity contribution in [3.8, 4) is 0 Å². The minimum atomic E-state index is -0.287. The van der Waals surface area contributed by atoms with E-state index in [0.717, 1.165) is 17.0 Å². The van der Waals surface area contributed by atoms with Crippen LogP contribution in [0.25, 0.3) is 5.65 Å². The molecule has 2 aromatic heterocycles. The molecule has 0 radical (unpaired) electrons. The van der Waals surface area contributed by atoms with Crippen LogP contribution in [0.1, 0.15) is 5.69 Å². The third kappa shape index (κ3) is 2.47. The SMILES string of the molecule is Cc1cn2cccc(NC(=O)Nc3ccccc3)c2n1. The Hall–Kier alpha value is -2.82. The lowest BCUT2D eigenvalue weighted by Crippen LogP contribution is -2.19. The van der Waals surface area contributed by atoms with E-state index in [2.05, 4.69) is 15.6 Å². The van der Waals surface area contributed by atoms with Gasteiger partial charge in [0.2, 0.25) is 0 Å². The first kappa shape index (κ1) is 12.2. The molecule has 2 amide bonds. The normalized spacial score (nSPS) is 10.4. The summed E-state index contributed by atoms with van der Waals surface area (Å²) in [6, 6.07) is 12.7. The van der Waals surface area contributed by atoms with Crippen LogP contribution in [0.4, 0.5) is 16.2 Å². The fourth-order valence-electron chi connectivity index (χ4n) is 2.04. The predicted molar refractivity (Wildman–Crippen MR) is 79.0 cm³/mol. The zero-order valence-electron chi connectivity index (χ0n) is 11.0. The minimum absolute atomic E-state index is 0.287. The van der Waals surface area contributed by atoms with Gasteiger partial charge in [0.15, 0.2) is 5.65 Å². The van der Waals surface area contributed by atoms with Crippen molar-refractivity contribution in [2.24, 2.45) is 0 Å². The topological polar surface area (TPSA) is 58.4 Å². The molecule has 0 aliphatic carbocycles. The summed E-state index contributed by atoms with van der Waals surface area (Å²) >= 11 is 0. The van der Waals surface area contributed by atoms with Crippen LogP contribution in [0, 0.1) is 6.92 Å². The van der Waals surface area contributed by atoms with E-state index in [0.29, 0.717) is 5.69 Å². The van der Waals surface area contributed by atoms with Gasteiger partial charge in [0.25, 0.3) is 0 Å². The van der Waals surface area contributed by atoms with Crippen molar-refractivity contribution in [3.63, 3.8) is 0 Å². The van der Waals surface area contributed by atoms with Crippen LogP contribution in [0.5, 0.6) is 0 Å². The molecule has 0 aliphatic rings. The number of anilines is 2. The highest BCUT2D eigenvalue weighted by Crippen LogP contribution is 2.16. The summed E-state index contributed by atoms with van der Waals surface area (Å²) in [4.78, 5) is 16.4. The molecule has 3 aromatic rings. The molecule has 0 aliphatic heterocycles. The zero-order chi connectivity index (χ0) is 13.9. The lowest BCUT2D eigenvalue weighted by molar-refractivity contribution is 0.262. The third-order valence-electron chi connectivity index (χ3n) is 2.88. The third-order valence-corrected chi connectivity index (χ3v) is 2.88. The van der Waals surface area contributed by atoms with Crippen molar-refractivity contribution in [1.82, 2.24) is 9.38 Å². The van der Waals surface area contributed by atoms with Gasteiger partial charge in [-0.25, -0.2) is 9.78 Å². The molecular weight excluding hydrogens is 252 g/mol. The van der Waals surface area contributed by atoms with Gasteiger partial charge in [-0.05, 0) is 31.2 Å². The molecule has 0 fully saturated rings. The average molecular weight is 266 g/mol. The average Bonchev–Trinajstić information content (AvgIpc) is 2.81. The summed E-state index contributed by atoms with van der Waals surface area (Å²) < 4.78 is 1.88. The number of aryl methyl sites for hydroxylation is 1. The van der Waals surface area contributed by atoms with E-state index in [9.17, 15) is 4.79 Å². The van der Waals surface area contributed by atoms with Crippen LogP contribution < -0.4 is 10.6 Å². The lowest BCUT2D eigenvalue weighted by atomic mass is 10.3. The molecule has 0 saturated carbocycles. The lowest BCUT2D eigenvalue weighted by Gasteiger charge is -2.08. The molecule has 0 saturated heterocycles. The maximum atomic E-state index is 12.0. The fraction of sp³-hybridized carbons (Fsp3) is 0.0667. The van der Waals surface area contributed by atoms with E-state index in [-0.39, 0.29) is 6.03 Å². The van der Waals surface area contributed by atoms with Crippen molar-refractivity contribution in [2.75, 3.05) is 10.6 Å². The molecule has 0 atom stereocenters. The van der Waals surface area contributed by atoms with Crippen LogP contribution in [0.2, 0.25) is 0 Å². The second-order valence-corrected chi connectivity index (χ2v) is 4.48. The quantitative estimate of drug-likeness (QED) is 0.747. The van der Waals surface area contributed by atoms with Crippen LogP contribution in [-0.4, -0.2) is 15.4 Å². The Labute approximate surface area is 116 Å². The number of urea groups is 1. The van der Waals surface area contributed by atoms with E-state index < -0.39 is 0 Å². The van der Waals surface area contributed by atoms with Crippen LogP contribution in [-0.2, 0) is 0 Å². The van der Waals surface area contributed by atoms with Gasteiger partial charge in [-0.2, -0.15) is 0 Å². The molecule has 1 aromatic carbocycles. The van der Waals surface area contributed by atoms with Gasteiger partial charge in [-0.1, -0.05) is 18.2 Å². The number of rotatable bonds is 2. The van der Waals surface area contributed by atoms with Crippen molar-refractivity contribution in [2.45, 2.75) is 6.92 Å². The Kier molecular flexibility index (Phi) is 3.09. The van der Waals surface area contributed by atoms with Gasteiger partial charge < -0.3 is 15.0 Å². The largest absolute Gasteiger partial charge is 0.323 e. The number of fused-ring (bicyclic) bond motifs is 1. The van der Waals surface area contributed by atoms with Crippen molar-refractivity contribution in [3.05, 3.63) is 60.6 Å². The molecule has 20 heavy (non-hydrogen) atoms. The standard InChI is InChI=1S/C15H14N4O/c1-11-10-19-9-5-8-13(14(19)16-11)18-15(20)17-12-6-3-2-4-7-12/h2-10H,1H3,(H2,17,18,20). The molecule has 100 valence electrons. The van der Waals surface area contributed by atoms with Crippen molar-refractivity contribution < 1.29 is 4.79 Å². The number of amides is 2. The molecule has 5 nitrogen and oxygen atoms in total. The van der Waals surface area contributed by atoms with E-state index in [1.807, 2.05) is 66.2 Å². The first-order valence-corrected chi connectivity index (χ1v) is 6.30. The molecule has 0 bridgehead atoms. The summed E-state index contributed by atoms with van der Waals surface area (Å²) in [6.07, 6.45) is 3.81. The van der Waals surface area contributed by atoms with Gasteiger partial charge in [0, 0.05) is 18.1 Å². The van der Waals surface area contributed by atoms with Crippen molar-refractivity contribution in [1.29, 1.82) is 0 Å². The molecular formula is C15H14N4O. The van der Waals surface area contributed by atoms with Crippen LogP contribution >= 0.6 is 0 Å². The number of hydrogen-bond donors (Lipinski definition) is 2. The highest BCUT2D eigenvalue weighted by molar-refractivity contribution is 6.01. The molecule has 0 unspecified atom stereocenters. The Balaban J connectivity index is 1.81. The second kappa shape index (κ2) is 5.05. The number of benzene rings is 1. The van der Waals surface area contributed by atoms with Crippen LogP contribution in [0.3, 0.4) is 0 Å². The number of nitrogens with one attached hydrogen (secondary N) is 2. The summed E-state index contributed by atoms with van der Waals surface area (Å²) in [7, 11) is 0. The number of pyridine rings is 1. The van der Waals surface area contributed by atoms with Gasteiger partial charge >= 0.3 is 6.03 Å². The smallest absolute Gasteiger partial charge is 0.308 e. The zero-order valence-corrected chi connectivity index (χ0v) is 11.0. The monoisotopic (exact) mass is 266 g/mol. The van der Waals surface area contributed by atoms with Crippen LogP contribution in [0.15, 0.2) is 54.9 Å². The molecule has 0 spiro atoms. The molecule has 3 rings (SSSR count). The summed E-state index contributed by atoms with van der Waals surface area (Å²) in [5.41, 5.74) is 3.06. The minimum Gasteiger partial charge on any atom is -0.308 e. The Bertz CT molecular complexity index is 749.